The third kappa shape index (κ3) is 2.03. The molecule has 1 aliphatic heterocycles. The summed E-state index contributed by atoms with van der Waals surface area (Å²) in [5.74, 6) is 0.241. The van der Waals surface area contributed by atoms with Crippen LogP contribution in [0.15, 0.2) is 53.3 Å². The van der Waals surface area contributed by atoms with Gasteiger partial charge in [0.1, 0.15) is 11.5 Å². The van der Waals surface area contributed by atoms with Gasteiger partial charge in [-0.25, -0.2) is 9.07 Å². The molecule has 1 fully saturated rings. The third-order valence-electron chi connectivity index (χ3n) is 5.05. The Morgan fingerprint density at radius 2 is 1.84 bits per heavy atom. The average Bonchev–Trinajstić information content (AvgIpc) is 2.60. The summed E-state index contributed by atoms with van der Waals surface area (Å²) in [6, 6.07) is 13.6. The molecule has 25 heavy (non-hydrogen) atoms. The first-order valence-corrected chi connectivity index (χ1v) is 8.32. The van der Waals surface area contributed by atoms with E-state index in [1.807, 2.05) is 28.9 Å². The van der Waals surface area contributed by atoms with Crippen molar-refractivity contribution in [1.82, 2.24) is 14.8 Å². The molecule has 0 unspecified atom stereocenters. The largest absolute Gasteiger partial charge is 0.361 e. The fraction of sp³-hybridized carbons (Fsp3) is 0.211. The van der Waals surface area contributed by atoms with Crippen LogP contribution in [0.3, 0.4) is 0 Å². The van der Waals surface area contributed by atoms with Crippen molar-refractivity contribution in [2.24, 2.45) is 0 Å². The smallest absolute Gasteiger partial charge is 0.300 e. The highest BCUT2D eigenvalue weighted by Gasteiger charge is 2.44. The number of para-hydroxylation sites is 1. The molecule has 2 aromatic carbocycles. The summed E-state index contributed by atoms with van der Waals surface area (Å²) in [6.07, 6.45) is 2.94. The van der Waals surface area contributed by atoms with Crippen molar-refractivity contribution in [2.45, 2.75) is 24.9 Å². The standard InChI is InChI=1S/C19H15FN4O/c20-13-8-6-12(7-9-13)16-18(25)21-17-14-4-1-2-5-15(14)22-19(10-3-11-19)24(17)23-16/h1-2,4-9,22H,3,10-11H2. The Bertz CT molecular complexity index is 1040. The van der Waals surface area contributed by atoms with Crippen molar-refractivity contribution in [1.29, 1.82) is 0 Å². The van der Waals surface area contributed by atoms with Crippen LogP contribution in [0.5, 0.6) is 0 Å². The Morgan fingerprint density at radius 3 is 2.56 bits per heavy atom. The van der Waals surface area contributed by atoms with Gasteiger partial charge >= 0.3 is 0 Å². The number of hydrogen-bond acceptors (Lipinski definition) is 4. The molecule has 1 N–H and O–H groups in total. The van der Waals surface area contributed by atoms with Crippen LogP contribution < -0.4 is 10.9 Å². The van der Waals surface area contributed by atoms with E-state index in [2.05, 4.69) is 15.4 Å². The molecular weight excluding hydrogens is 319 g/mol. The molecule has 0 bridgehead atoms. The fourth-order valence-electron chi connectivity index (χ4n) is 3.59. The molecule has 0 saturated heterocycles. The van der Waals surface area contributed by atoms with Gasteiger partial charge in [0.25, 0.3) is 5.56 Å². The van der Waals surface area contributed by atoms with Crippen molar-refractivity contribution < 1.29 is 4.39 Å². The van der Waals surface area contributed by atoms with Crippen LogP contribution in [-0.4, -0.2) is 14.8 Å². The number of hydrogen-bond donors (Lipinski definition) is 1. The van der Waals surface area contributed by atoms with Gasteiger partial charge < -0.3 is 5.32 Å². The van der Waals surface area contributed by atoms with E-state index in [1.165, 1.54) is 12.1 Å². The van der Waals surface area contributed by atoms with Crippen molar-refractivity contribution >= 4 is 5.69 Å². The first kappa shape index (κ1) is 14.3. The maximum Gasteiger partial charge on any atom is 0.300 e. The van der Waals surface area contributed by atoms with Gasteiger partial charge in [-0.3, -0.25) is 4.79 Å². The number of halogens is 1. The van der Waals surface area contributed by atoms with Crippen LogP contribution in [0.25, 0.3) is 22.6 Å². The predicted molar refractivity (Wildman–Crippen MR) is 92.6 cm³/mol. The van der Waals surface area contributed by atoms with E-state index < -0.39 is 5.56 Å². The molecule has 2 heterocycles. The quantitative estimate of drug-likeness (QED) is 0.741. The molecule has 0 amide bonds. The van der Waals surface area contributed by atoms with Crippen LogP contribution in [0.4, 0.5) is 10.1 Å². The summed E-state index contributed by atoms with van der Waals surface area (Å²) in [5, 5.41) is 8.22. The highest BCUT2D eigenvalue weighted by Crippen LogP contribution is 2.46. The van der Waals surface area contributed by atoms with Crippen molar-refractivity contribution in [3.63, 3.8) is 0 Å². The van der Waals surface area contributed by atoms with E-state index >= 15 is 0 Å². The van der Waals surface area contributed by atoms with Crippen LogP contribution in [-0.2, 0) is 5.66 Å². The molecule has 0 radical (unpaired) electrons. The van der Waals surface area contributed by atoms with Gasteiger partial charge in [0.15, 0.2) is 11.5 Å². The zero-order valence-electron chi connectivity index (χ0n) is 13.4. The van der Waals surface area contributed by atoms with E-state index in [4.69, 9.17) is 0 Å². The van der Waals surface area contributed by atoms with Gasteiger partial charge in [0.2, 0.25) is 0 Å². The number of fused-ring (bicyclic) bond motifs is 4. The molecule has 1 saturated carbocycles. The molecule has 1 aromatic heterocycles. The highest BCUT2D eigenvalue weighted by atomic mass is 19.1. The van der Waals surface area contributed by atoms with E-state index in [0.29, 0.717) is 11.4 Å². The summed E-state index contributed by atoms with van der Waals surface area (Å²) < 4.78 is 15.0. The number of benzene rings is 2. The van der Waals surface area contributed by atoms with Gasteiger partial charge in [-0.15, -0.1) is 0 Å². The van der Waals surface area contributed by atoms with E-state index in [1.54, 1.807) is 12.1 Å². The summed E-state index contributed by atoms with van der Waals surface area (Å²) in [6.45, 7) is 0. The first-order chi connectivity index (χ1) is 12.2. The Labute approximate surface area is 143 Å². The normalized spacial score (nSPS) is 16.5. The summed E-state index contributed by atoms with van der Waals surface area (Å²) in [5.41, 5.74) is 1.93. The summed E-state index contributed by atoms with van der Waals surface area (Å²) in [7, 11) is 0. The topological polar surface area (TPSA) is 59.8 Å². The Morgan fingerprint density at radius 1 is 1.08 bits per heavy atom. The average molecular weight is 334 g/mol. The number of nitrogens with one attached hydrogen (secondary N) is 1. The zero-order valence-corrected chi connectivity index (χ0v) is 13.4. The number of aromatic nitrogens is 3. The SMILES string of the molecule is O=c1nc2n(nc1-c1ccc(F)cc1)C1(CCC1)Nc1ccccc1-2. The Kier molecular flexibility index (Phi) is 2.86. The van der Waals surface area contributed by atoms with E-state index in [0.717, 1.165) is 30.5 Å². The lowest BCUT2D eigenvalue weighted by Crippen LogP contribution is -2.52. The molecule has 6 heteroatoms. The van der Waals surface area contributed by atoms with E-state index in [-0.39, 0.29) is 17.2 Å². The molecule has 3 aromatic rings. The predicted octanol–water partition coefficient (Wildman–Crippen LogP) is 3.37. The fourth-order valence-corrected chi connectivity index (χ4v) is 3.59. The maximum absolute atomic E-state index is 13.2. The van der Waals surface area contributed by atoms with Crippen LogP contribution in [0.2, 0.25) is 0 Å². The minimum atomic E-state index is -0.399. The van der Waals surface area contributed by atoms with Gasteiger partial charge in [-0.1, -0.05) is 12.1 Å². The van der Waals surface area contributed by atoms with Crippen molar-refractivity contribution in [3.8, 4) is 22.6 Å². The lowest BCUT2D eigenvalue weighted by molar-refractivity contribution is 0.156. The number of rotatable bonds is 1. The third-order valence-corrected chi connectivity index (χ3v) is 5.05. The minimum Gasteiger partial charge on any atom is -0.361 e. The molecular formula is C19H15FN4O. The second-order valence-corrected chi connectivity index (χ2v) is 6.56. The number of nitrogens with zero attached hydrogens (tertiary/aromatic N) is 3. The van der Waals surface area contributed by atoms with Crippen LogP contribution >= 0.6 is 0 Å². The molecule has 124 valence electrons. The van der Waals surface area contributed by atoms with Gasteiger partial charge in [0, 0.05) is 16.8 Å². The minimum absolute atomic E-state index is 0.246. The van der Waals surface area contributed by atoms with Crippen LogP contribution in [0, 0.1) is 5.82 Å². The molecule has 1 spiro atoms. The second kappa shape index (κ2) is 4.99. The molecule has 0 atom stereocenters. The summed E-state index contributed by atoms with van der Waals surface area (Å²) >= 11 is 0. The highest BCUT2D eigenvalue weighted by molar-refractivity contribution is 5.77. The first-order valence-electron chi connectivity index (χ1n) is 8.32. The maximum atomic E-state index is 13.2. The van der Waals surface area contributed by atoms with Gasteiger partial charge in [-0.2, -0.15) is 10.1 Å². The van der Waals surface area contributed by atoms with Gasteiger partial charge in [-0.05, 0) is 55.7 Å². The molecule has 5 rings (SSSR count). The van der Waals surface area contributed by atoms with Gasteiger partial charge in [0.05, 0.1) is 0 Å². The van der Waals surface area contributed by atoms with Crippen molar-refractivity contribution in [2.75, 3.05) is 5.32 Å². The Hall–Kier alpha value is -3.02. The van der Waals surface area contributed by atoms with Crippen LogP contribution in [0.1, 0.15) is 19.3 Å². The lowest BCUT2D eigenvalue weighted by atomic mass is 9.82. The zero-order chi connectivity index (χ0) is 17.0. The summed E-state index contributed by atoms with van der Waals surface area (Å²) in [4.78, 5) is 16.9. The molecule has 2 aliphatic rings. The monoisotopic (exact) mass is 334 g/mol. The molecule has 1 aliphatic carbocycles. The Balaban J connectivity index is 1.76. The number of anilines is 1. The van der Waals surface area contributed by atoms with Crippen molar-refractivity contribution in [3.05, 3.63) is 64.7 Å². The second-order valence-electron chi connectivity index (χ2n) is 6.56. The lowest BCUT2D eigenvalue weighted by Gasteiger charge is -2.47. The molecule has 5 nitrogen and oxygen atoms in total. The van der Waals surface area contributed by atoms with E-state index in [9.17, 15) is 9.18 Å².